The average Bonchev–Trinajstić information content (AvgIpc) is 2.72. The van der Waals surface area contributed by atoms with E-state index in [9.17, 15) is 0 Å². The highest BCUT2D eigenvalue weighted by Crippen LogP contribution is 2.19. The number of rotatable bonds is 2. The Morgan fingerprint density at radius 2 is 2.00 bits per heavy atom. The van der Waals surface area contributed by atoms with Crippen LogP contribution in [0.25, 0.3) is 11.0 Å². The first-order chi connectivity index (χ1) is 7.92. The van der Waals surface area contributed by atoms with Gasteiger partial charge in [0, 0.05) is 19.5 Å². The maximum absolute atomic E-state index is 4.62. The molecule has 1 fully saturated rings. The second-order valence-electron chi connectivity index (χ2n) is 4.52. The number of nitrogens with one attached hydrogen (secondary N) is 1. The fourth-order valence-corrected chi connectivity index (χ4v) is 2.38. The van der Waals surface area contributed by atoms with Gasteiger partial charge in [-0.05, 0) is 30.9 Å². The smallest absolute Gasteiger partial charge is 0.107 e. The lowest BCUT2D eigenvalue weighted by Gasteiger charge is -2.20. The van der Waals surface area contributed by atoms with Crippen molar-refractivity contribution in [2.75, 3.05) is 13.1 Å². The lowest BCUT2D eigenvalue weighted by atomic mass is 9.94. The molecule has 1 aromatic carbocycles. The van der Waals surface area contributed by atoms with Gasteiger partial charge in [-0.3, -0.25) is 0 Å². The van der Waals surface area contributed by atoms with Crippen LogP contribution in [0.3, 0.4) is 0 Å². The number of hydrogen-bond acceptors (Lipinski definition) is 1. The van der Waals surface area contributed by atoms with Crippen molar-refractivity contribution in [2.24, 2.45) is 5.92 Å². The van der Waals surface area contributed by atoms with E-state index in [1.165, 1.54) is 12.8 Å². The largest absolute Gasteiger partial charge is 0.342 e. The lowest BCUT2D eigenvalue weighted by Crippen LogP contribution is -2.23. The lowest BCUT2D eigenvalue weighted by molar-refractivity contribution is 0.363. The quantitative estimate of drug-likeness (QED) is 0.817. The SMILES string of the molecule is c1ccc2[nH]c(CC3CC[N]CC3)nc2c1. The zero-order chi connectivity index (χ0) is 10.8. The number of imidazole rings is 1. The third-order valence-electron chi connectivity index (χ3n) is 3.31. The molecule has 0 spiro atoms. The van der Waals surface area contributed by atoms with Gasteiger partial charge in [0.2, 0.25) is 0 Å². The van der Waals surface area contributed by atoms with Gasteiger partial charge in [0.15, 0.2) is 0 Å². The van der Waals surface area contributed by atoms with Crippen molar-refractivity contribution in [2.45, 2.75) is 19.3 Å². The molecule has 3 nitrogen and oxygen atoms in total. The first-order valence-electron chi connectivity index (χ1n) is 5.99. The molecule has 0 atom stereocenters. The van der Waals surface area contributed by atoms with E-state index in [1.54, 1.807) is 0 Å². The second kappa shape index (κ2) is 4.26. The summed E-state index contributed by atoms with van der Waals surface area (Å²) in [5, 5.41) is 4.38. The molecule has 1 aliphatic heterocycles. The summed E-state index contributed by atoms with van der Waals surface area (Å²) < 4.78 is 0. The van der Waals surface area contributed by atoms with Crippen molar-refractivity contribution in [1.29, 1.82) is 0 Å². The Morgan fingerprint density at radius 3 is 2.81 bits per heavy atom. The highest BCUT2D eigenvalue weighted by molar-refractivity contribution is 5.74. The molecule has 83 valence electrons. The number of aromatic amines is 1. The van der Waals surface area contributed by atoms with Crippen LogP contribution in [-0.2, 0) is 6.42 Å². The van der Waals surface area contributed by atoms with Crippen molar-refractivity contribution >= 4 is 11.0 Å². The minimum Gasteiger partial charge on any atom is -0.342 e. The molecular formula is C13H16N3. The third kappa shape index (κ3) is 1.95. The van der Waals surface area contributed by atoms with Gasteiger partial charge in [-0.25, -0.2) is 10.3 Å². The van der Waals surface area contributed by atoms with Crippen LogP contribution in [0.4, 0.5) is 0 Å². The minimum absolute atomic E-state index is 0.762. The minimum atomic E-state index is 0.762. The van der Waals surface area contributed by atoms with E-state index in [0.717, 1.165) is 42.3 Å². The molecule has 0 aliphatic carbocycles. The Bertz CT molecular complexity index is 436. The highest BCUT2D eigenvalue weighted by Gasteiger charge is 2.15. The molecule has 0 saturated carbocycles. The summed E-state index contributed by atoms with van der Waals surface area (Å²) in [5.41, 5.74) is 2.23. The summed E-state index contributed by atoms with van der Waals surface area (Å²) in [5.74, 6) is 1.89. The number of para-hydroxylation sites is 2. The van der Waals surface area contributed by atoms with Crippen molar-refractivity contribution in [3.8, 4) is 0 Å². The molecular weight excluding hydrogens is 198 g/mol. The predicted octanol–water partition coefficient (Wildman–Crippen LogP) is 2.12. The average molecular weight is 214 g/mol. The standard InChI is InChI=1S/C13H16N3/c1-2-4-12-11(3-1)15-13(16-12)9-10-5-7-14-8-6-10/h1-4,10H,5-9H2,(H,15,16). The number of fused-ring (bicyclic) bond motifs is 1. The zero-order valence-electron chi connectivity index (χ0n) is 9.32. The summed E-state index contributed by atoms with van der Waals surface area (Å²) in [7, 11) is 0. The Balaban J connectivity index is 1.78. The topological polar surface area (TPSA) is 42.8 Å². The van der Waals surface area contributed by atoms with Crippen LogP contribution in [0.2, 0.25) is 0 Å². The Labute approximate surface area is 95.3 Å². The summed E-state index contributed by atoms with van der Waals surface area (Å²) in [6, 6.07) is 8.23. The van der Waals surface area contributed by atoms with Gasteiger partial charge in [-0.2, -0.15) is 0 Å². The zero-order valence-corrected chi connectivity index (χ0v) is 9.32. The number of benzene rings is 1. The molecule has 0 bridgehead atoms. The van der Waals surface area contributed by atoms with Gasteiger partial charge in [-0.15, -0.1) is 0 Å². The van der Waals surface area contributed by atoms with Gasteiger partial charge >= 0.3 is 0 Å². The van der Waals surface area contributed by atoms with E-state index in [0.29, 0.717) is 0 Å². The Kier molecular flexibility index (Phi) is 2.62. The summed E-state index contributed by atoms with van der Waals surface area (Å²) >= 11 is 0. The fourth-order valence-electron chi connectivity index (χ4n) is 2.38. The summed E-state index contributed by atoms with van der Waals surface area (Å²) in [6.07, 6.45) is 3.51. The normalized spacial score (nSPS) is 18.0. The number of aromatic nitrogens is 2. The maximum Gasteiger partial charge on any atom is 0.107 e. The molecule has 0 amide bonds. The number of H-pyrrole nitrogens is 1. The van der Waals surface area contributed by atoms with Crippen molar-refractivity contribution in [3.05, 3.63) is 30.1 Å². The van der Waals surface area contributed by atoms with Gasteiger partial charge < -0.3 is 4.98 Å². The van der Waals surface area contributed by atoms with Gasteiger partial charge in [0.25, 0.3) is 0 Å². The number of piperidine rings is 1. The van der Waals surface area contributed by atoms with E-state index >= 15 is 0 Å². The van der Waals surface area contributed by atoms with Crippen LogP contribution in [0.15, 0.2) is 24.3 Å². The molecule has 1 radical (unpaired) electrons. The highest BCUT2D eigenvalue weighted by atomic mass is 14.9. The van der Waals surface area contributed by atoms with E-state index in [2.05, 4.69) is 27.4 Å². The van der Waals surface area contributed by atoms with E-state index in [1.807, 2.05) is 12.1 Å². The Hall–Kier alpha value is -1.35. The van der Waals surface area contributed by atoms with Crippen LogP contribution in [0, 0.1) is 5.92 Å². The number of hydrogen-bond donors (Lipinski definition) is 1. The van der Waals surface area contributed by atoms with Gasteiger partial charge in [0.05, 0.1) is 11.0 Å². The molecule has 3 rings (SSSR count). The molecule has 16 heavy (non-hydrogen) atoms. The van der Waals surface area contributed by atoms with E-state index < -0.39 is 0 Å². The van der Waals surface area contributed by atoms with Crippen molar-refractivity contribution in [3.63, 3.8) is 0 Å². The maximum atomic E-state index is 4.62. The van der Waals surface area contributed by atoms with Crippen molar-refractivity contribution < 1.29 is 0 Å². The number of nitrogens with zero attached hydrogens (tertiary/aromatic N) is 2. The van der Waals surface area contributed by atoms with Gasteiger partial charge in [-0.1, -0.05) is 12.1 Å². The van der Waals surface area contributed by atoms with Crippen LogP contribution >= 0.6 is 0 Å². The first-order valence-corrected chi connectivity index (χ1v) is 5.99. The second-order valence-corrected chi connectivity index (χ2v) is 4.52. The monoisotopic (exact) mass is 214 g/mol. The molecule has 1 N–H and O–H groups in total. The molecule has 0 unspecified atom stereocenters. The summed E-state index contributed by atoms with van der Waals surface area (Å²) in [6.45, 7) is 2.07. The first kappa shape index (κ1) is 9.85. The van der Waals surface area contributed by atoms with Crippen LogP contribution in [0.5, 0.6) is 0 Å². The molecule has 2 aromatic rings. The van der Waals surface area contributed by atoms with E-state index in [4.69, 9.17) is 0 Å². The molecule has 1 saturated heterocycles. The molecule has 2 heterocycles. The third-order valence-corrected chi connectivity index (χ3v) is 3.31. The van der Waals surface area contributed by atoms with Crippen LogP contribution in [-0.4, -0.2) is 23.1 Å². The summed E-state index contributed by atoms with van der Waals surface area (Å²) in [4.78, 5) is 8.02. The van der Waals surface area contributed by atoms with E-state index in [-0.39, 0.29) is 0 Å². The fraction of sp³-hybridized carbons (Fsp3) is 0.462. The van der Waals surface area contributed by atoms with Gasteiger partial charge in [0.1, 0.15) is 5.82 Å². The van der Waals surface area contributed by atoms with Crippen LogP contribution in [0.1, 0.15) is 18.7 Å². The molecule has 1 aliphatic rings. The molecule has 3 heteroatoms. The van der Waals surface area contributed by atoms with Crippen molar-refractivity contribution in [1.82, 2.24) is 15.3 Å². The van der Waals surface area contributed by atoms with Crippen LogP contribution < -0.4 is 5.32 Å². The predicted molar refractivity (Wildman–Crippen MR) is 64.4 cm³/mol. The Morgan fingerprint density at radius 1 is 1.19 bits per heavy atom. The molecule has 1 aromatic heterocycles.